The van der Waals surface area contributed by atoms with Crippen LogP contribution in [0.4, 0.5) is 0 Å². The number of ether oxygens (including phenoxy) is 3. The van der Waals surface area contributed by atoms with Gasteiger partial charge in [0.25, 0.3) is 0 Å². The van der Waals surface area contributed by atoms with Crippen molar-refractivity contribution in [3.05, 3.63) is 194 Å². The van der Waals surface area contributed by atoms with Crippen molar-refractivity contribution in [3.8, 4) is 0 Å². The number of hydrogen-bond acceptors (Lipinski definition) is 14. The van der Waals surface area contributed by atoms with Gasteiger partial charge in [0.1, 0.15) is 25.4 Å². The molecule has 0 rings (SSSR count). The number of phosphoric acid groups is 2. The average molecular weight is 1620 g/mol. The molecule has 0 aliphatic heterocycles. The Labute approximate surface area is 687 Å². The summed E-state index contributed by atoms with van der Waals surface area (Å²) in [6.07, 6.45) is 114. The molecule has 0 fully saturated rings. The van der Waals surface area contributed by atoms with Crippen LogP contribution in [-0.4, -0.2) is 95.9 Å². The highest BCUT2D eigenvalue weighted by Gasteiger charge is 2.29. The number of allylic oxidation sites excluding steroid dienone is 32. The topological polar surface area (TPSA) is 231 Å². The van der Waals surface area contributed by atoms with Crippen molar-refractivity contribution in [2.45, 2.75) is 347 Å². The molecular weight excluding hydrogens is 1460 g/mol. The quantitative estimate of drug-likeness (QED) is 0.0146. The minimum Gasteiger partial charge on any atom is -0.463 e. The Bertz CT molecular complexity index is 2830. The molecule has 5 unspecified atom stereocenters. The maximum atomic E-state index is 13.0. The highest BCUT2D eigenvalue weighted by atomic mass is 31.2. The smallest absolute Gasteiger partial charge is 0.463 e. The van der Waals surface area contributed by atoms with Crippen molar-refractivity contribution in [2.24, 2.45) is 0 Å². The van der Waals surface area contributed by atoms with Gasteiger partial charge in [-0.15, -0.1) is 0 Å². The van der Waals surface area contributed by atoms with Crippen molar-refractivity contribution in [1.82, 2.24) is 0 Å². The lowest BCUT2D eigenvalue weighted by molar-refractivity contribution is -0.161. The molecule has 0 saturated carbocycles. The van der Waals surface area contributed by atoms with Crippen LogP contribution in [-0.2, 0) is 55.8 Å². The molecule has 0 aromatic rings. The lowest BCUT2D eigenvalue weighted by Gasteiger charge is -2.21. The molecule has 0 aliphatic carbocycles. The standard InChI is InChI=1S/C95H156O16P2/c1-4-7-10-13-16-19-22-25-28-31-34-36-38-40-41-42-43-44-45-46-47-49-51-52-55-57-60-63-66-69-72-75-78-81-93(98)105-84-90(96)85-107-112(101,102)108-86-91(97)87-109-113(103,104)110-89-92(111-95(100)83-80-77-74-71-68-65-62-59-54-33-30-27-24-21-18-15-12-9-6-3)88-106-94(99)82-79-76-73-70-67-64-61-58-56-53-50-48-39-37-35-32-29-26-23-20-17-14-11-8-5-2/h8-9,11-12,16-21,25-30,34-37,40-41,48,50,54,56,58-59,65,68,74,77,90-92,96-97H,4-7,10,13-15,22-24,31-33,38-39,42-47,49,51-53,55,57,60-64,66-67,69-73,75-76,78-89H2,1-3H3,(H,101,102)(H,103,104)/b11-8-,12-9-,19-16-,20-17-,21-18-,28-25-,29-26-,30-27-,36-34-,37-35-,41-40-,50-48-,58-56-,59-54-,68-65-,77-74-. The summed E-state index contributed by atoms with van der Waals surface area (Å²) in [6, 6.07) is 0. The molecule has 0 aliphatic rings. The van der Waals surface area contributed by atoms with E-state index in [1.165, 1.54) is 116 Å². The molecule has 113 heavy (non-hydrogen) atoms. The number of hydrogen-bond donors (Lipinski definition) is 4. The highest BCUT2D eigenvalue weighted by molar-refractivity contribution is 7.47. The molecule has 4 N–H and O–H groups in total. The number of carbonyl (C=O) groups is 3. The maximum absolute atomic E-state index is 13.0. The van der Waals surface area contributed by atoms with Gasteiger partial charge in [-0.3, -0.25) is 32.5 Å². The van der Waals surface area contributed by atoms with Crippen LogP contribution in [0.3, 0.4) is 0 Å². The van der Waals surface area contributed by atoms with E-state index in [1.807, 2.05) is 18.2 Å². The second-order valence-electron chi connectivity index (χ2n) is 28.6. The Morgan fingerprint density at radius 3 is 0.779 bits per heavy atom. The van der Waals surface area contributed by atoms with E-state index in [4.69, 9.17) is 32.3 Å². The monoisotopic (exact) mass is 1620 g/mol. The van der Waals surface area contributed by atoms with Crippen LogP contribution in [0.25, 0.3) is 0 Å². The second kappa shape index (κ2) is 85.8. The predicted octanol–water partition coefficient (Wildman–Crippen LogP) is 26.7. The number of unbranched alkanes of at least 4 members (excludes halogenated alkanes) is 26. The van der Waals surface area contributed by atoms with E-state index >= 15 is 0 Å². The predicted molar refractivity (Wildman–Crippen MR) is 472 cm³/mol. The number of phosphoric ester groups is 2. The molecule has 0 bridgehead atoms. The van der Waals surface area contributed by atoms with Gasteiger partial charge in [-0.05, 0) is 154 Å². The third kappa shape index (κ3) is 87.1. The molecule has 642 valence electrons. The van der Waals surface area contributed by atoms with Gasteiger partial charge in [-0.25, -0.2) is 9.13 Å². The number of esters is 3. The fourth-order valence-electron chi connectivity index (χ4n) is 11.2. The molecule has 0 aromatic carbocycles. The summed E-state index contributed by atoms with van der Waals surface area (Å²) < 4.78 is 61.2. The number of aliphatic hydroxyl groups is 2. The summed E-state index contributed by atoms with van der Waals surface area (Å²) in [4.78, 5) is 58.8. The van der Waals surface area contributed by atoms with Gasteiger partial charge in [0.05, 0.1) is 26.4 Å². The molecule has 16 nitrogen and oxygen atoms in total. The minimum absolute atomic E-state index is 0.0317. The van der Waals surface area contributed by atoms with Crippen LogP contribution >= 0.6 is 15.6 Å². The van der Waals surface area contributed by atoms with Gasteiger partial charge in [-0.2, -0.15) is 0 Å². The molecule has 0 spiro atoms. The molecule has 0 radical (unpaired) electrons. The maximum Gasteiger partial charge on any atom is 0.472 e. The van der Waals surface area contributed by atoms with Crippen LogP contribution < -0.4 is 0 Å². The molecule has 0 amide bonds. The van der Waals surface area contributed by atoms with Crippen LogP contribution in [0.5, 0.6) is 0 Å². The fraction of sp³-hybridized carbons (Fsp3) is 0.632. The van der Waals surface area contributed by atoms with Crippen molar-refractivity contribution >= 4 is 33.6 Å². The average Bonchev–Trinajstić information content (AvgIpc) is 0.913. The van der Waals surface area contributed by atoms with E-state index in [0.717, 1.165) is 148 Å². The first-order valence-electron chi connectivity index (χ1n) is 43.7. The first kappa shape index (κ1) is 107. The normalized spacial score (nSPS) is 14.8. The zero-order valence-corrected chi connectivity index (χ0v) is 72.3. The Kier molecular flexibility index (Phi) is 81.5. The second-order valence-corrected chi connectivity index (χ2v) is 31.5. The van der Waals surface area contributed by atoms with Gasteiger partial charge >= 0.3 is 33.6 Å². The first-order valence-corrected chi connectivity index (χ1v) is 46.7. The largest absolute Gasteiger partial charge is 0.472 e. The summed E-state index contributed by atoms with van der Waals surface area (Å²) in [6.45, 7) is 2.32. The van der Waals surface area contributed by atoms with E-state index in [-0.39, 0.29) is 19.3 Å². The van der Waals surface area contributed by atoms with E-state index in [1.54, 1.807) is 0 Å². The zero-order valence-electron chi connectivity index (χ0n) is 70.5. The molecule has 0 heterocycles. The van der Waals surface area contributed by atoms with Gasteiger partial charge in [-0.1, -0.05) is 350 Å². The minimum atomic E-state index is -4.97. The Morgan fingerprint density at radius 1 is 0.257 bits per heavy atom. The SMILES string of the molecule is CC/C=C\C/C=C\C/C=C\C/C=C\C/C=C\C/C=C\CCCCCCCCC(=O)OCC(COP(=O)(O)OCC(O)COP(=O)(O)OCC(O)COC(=O)CCCCCCCCCCCCCCCCCCC/C=C\C/C=C\C/C=C\C/C=C\CCCCC)OC(=O)CC/C=C\C/C=C\C/C=C\C/C=C\C/C=C\C/C=C\CC. The summed E-state index contributed by atoms with van der Waals surface area (Å²) in [7, 11) is -9.84. The number of rotatable bonds is 81. The lowest BCUT2D eigenvalue weighted by Crippen LogP contribution is -2.29. The molecule has 0 saturated heterocycles. The van der Waals surface area contributed by atoms with Crippen molar-refractivity contribution in [3.63, 3.8) is 0 Å². The van der Waals surface area contributed by atoms with Gasteiger partial charge in [0, 0.05) is 19.3 Å². The first-order chi connectivity index (χ1) is 55.2. The van der Waals surface area contributed by atoms with E-state index in [9.17, 15) is 43.5 Å². The third-order valence-electron chi connectivity index (χ3n) is 17.8. The number of carbonyl (C=O) groups excluding carboxylic acids is 3. The van der Waals surface area contributed by atoms with E-state index in [0.29, 0.717) is 25.7 Å². The van der Waals surface area contributed by atoms with Crippen LogP contribution in [0, 0.1) is 0 Å². The van der Waals surface area contributed by atoms with Gasteiger partial charge in [0.15, 0.2) is 6.10 Å². The summed E-state index contributed by atoms with van der Waals surface area (Å²) in [5, 5.41) is 20.7. The Balaban J connectivity index is 4.61. The zero-order chi connectivity index (χ0) is 82.2. The summed E-state index contributed by atoms with van der Waals surface area (Å²) >= 11 is 0. The molecule has 5 atom stereocenters. The van der Waals surface area contributed by atoms with E-state index in [2.05, 4.69) is 197 Å². The van der Waals surface area contributed by atoms with Crippen LogP contribution in [0.2, 0.25) is 0 Å². The summed E-state index contributed by atoms with van der Waals surface area (Å²) in [5.74, 6) is -1.70. The van der Waals surface area contributed by atoms with Gasteiger partial charge in [0.2, 0.25) is 0 Å². The Hall–Kier alpha value is -5.61. The van der Waals surface area contributed by atoms with Crippen molar-refractivity contribution in [2.75, 3.05) is 39.6 Å². The molecular formula is C95H156O16P2. The van der Waals surface area contributed by atoms with Crippen molar-refractivity contribution in [1.29, 1.82) is 0 Å². The van der Waals surface area contributed by atoms with Gasteiger partial charge < -0.3 is 34.2 Å². The molecule has 0 aromatic heterocycles. The molecule has 18 heteroatoms. The van der Waals surface area contributed by atoms with Crippen LogP contribution in [0.1, 0.15) is 329 Å². The van der Waals surface area contributed by atoms with Crippen LogP contribution in [0.15, 0.2) is 194 Å². The lowest BCUT2D eigenvalue weighted by atomic mass is 10.0. The van der Waals surface area contributed by atoms with Crippen molar-refractivity contribution < 1.29 is 75.8 Å². The number of aliphatic hydroxyl groups excluding tert-OH is 2. The third-order valence-corrected chi connectivity index (χ3v) is 19.7. The Morgan fingerprint density at radius 2 is 0.487 bits per heavy atom. The fourth-order valence-corrected chi connectivity index (χ4v) is 12.8. The highest BCUT2D eigenvalue weighted by Crippen LogP contribution is 2.45. The summed E-state index contributed by atoms with van der Waals surface area (Å²) in [5.41, 5.74) is 0. The van der Waals surface area contributed by atoms with E-state index < -0.39 is 91.5 Å².